The molecule has 0 radical (unpaired) electrons. The van der Waals surface area contributed by atoms with Crippen molar-refractivity contribution in [3.63, 3.8) is 0 Å². The summed E-state index contributed by atoms with van der Waals surface area (Å²) in [6.07, 6.45) is 1.73. The van der Waals surface area contributed by atoms with Crippen LogP contribution in [0, 0.1) is 0 Å². The summed E-state index contributed by atoms with van der Waals surface area (Å²) >= 11 is 0. The molecule has 2 N–H and O–H groups in total. The predicted molar refractivity (Wildman–Crippen MR) is 56.8 cm³/mol. The molecular formula is C9H14N4O4. The van der Waals surface area contributed by atoms with E-state index in [1.165, 1.54) is 6.20 Å². The quantitative estimate of drug-likeness (QED) is 0.739. The van der Waals surface area contributed by atoms with Gasteiger partial charge in [-0.3, -0.25) is 0 Å². The number of hydrazine groups is 1. The van der Waals surface area contributed by atoms with Crippen molar-refractivity contribution in [2.75, 3.05) is 0 Å². The van der Waals surface area contributed by atoms with Crippen LogP contribution in [0.3, 0.4) is 0 Å². The van der Waals surface area contributed by atoms with Crippen molar-refractivity contribution >= 4 is 12.2 Å². The van der Waals surface area contributed by atoms with Gasteiger partial charge < -0.3 is 10.2 Å². The van der Waals surface area contributed by atoms with Gasteiger partial charge in [0.1, 0.15) is 0 Å². The Labute approximate surface area is 97.8 Å². The molecule has 0 aromatic heterocycles. The second-order valence-corrected chi connectivity index (χ2v) is 3.47. The van der Waals surface area contributed by atoms with E-state index in [1.807, 2.05) is 6.92 Å². The van der Waals surface area contributed by atoms with E-state index in [4.69, 9.17) is 10.2 Å². The van der Waals surface area contributed by atoms with Crippen LogP contribution in [-0.2, 0) is 0 Å². The third kappa shape index (κ3) is 3.44. The SMILES string of the molecule is CCCCCC1=CN(C(=O)O)N(C(=O)O)N=N1. The number of hydrogen-bond donors (Lipinski definition) is 2. The Balaban J connectivity index is 2.71. The maximum absolute atomic E-state index is 10.8. The van der Waals surface area contributed by atoms with Crippen LogP contribution in [0.4, 0.5) is 9.59 Å². The minimum absolute atomic E-state index is 0.269. The van der Waals surface area contributed by atoms with Crippen LogP contribution < -0.4 is 0 Å². The standard InChI is InChI=1S/C9H14N4O4/c1-2-3-4-5-7-6-12(8(14)15)13(9(16)17)11-10-7/h6H,2-5H2,1H3,(H,14,15)(H,16,17). The highest BCUT2D eigenvalue weighted by Crippen LogP contribution is 2.18. The molecule has 17 heavy (non-hydrogen) atoms. The summed E-state index contributed by atoms with van der Waals surface area (Å²) in [7, 11) is 0. The Morgan fingerprint density at radius 3 is 2.53 bits per heavy atom. The molecule has 1 rings (SSSR count). The number of hydrogen-bond acceptors (Lipinski definition) is 4. The fourth-order valence-electron chi connectivity index (χ4n) is 1.30. The molecule has 0 spiro atoms. The second-order valence-electron chi connectivity index (χ2n) is 3.47. The molecule has 8 nitrogen and oxygen atoms in total. The highest BCUT2D eigenvalue weighted by atomic mass is 16.4. The van der Waals surface area contributed by atoms with Gasteiger partial charge in [-0.15, -0.1) is 5.11 Å². The van der Waals surface area contributed by atoms with Crippen molar-refractivity contribution in [1.82, 2.24) is 10.1 Å². The number of nitrogens with zero attached hydrogens (tertiary/aromatic N) is 4. The molecule has 94 valence electrons. The molecular weight excluding hydrogens is 228 g/mol. The average Bonchev–Trinajstić information content (AvgIpc) is 2.29. The van der Waals surface area contributed by atoms with Crippen LogP contribution in [0.15, 0.2) is 22.2 Å². The van der Waals surface area contributed by atoms with E-state index in [1.54, 1.807) is 0 Å². The van der Waals surface area contributed by atoms with Crippen molar-refractivity contribution in [3.05, 3.63) is 11.9 Å². The second kappa shape index (κ2) is 5.83. The highest BCUT2D eigenvalue weighted by molar-refractivity contribution is 5.72. The number of amides is 2. The first-order chi connectivity index (χ1) is 8.06. The molecule has 1 aliphatic heterocycles. The highest BCUT2D eigenvalue weighted by Gasteiger charge is 2.27. The molecule has 0 aromatic carbocycles. The van der Waals surface area contributed by atoms with Crippen LogP contribution in [0.5, 0.6) is 0 Å². The lowest BCUT2D eigenvalue weighted by atomic mass is 10.2. The van der Waals surface area contributed by atoms with Gasteiger partial charge in [-0.1, -0.05) is 24.9 Å². The Morgan fingerprint density at radius 1 is 1.29 bits per heavy atom. The van der Waals surface area contributed by atoms with E-state index in [-0.39, 0.29) is 5.12 Å². The fraction of sp³-hybridized carbons (Fsp3) is 0.556. The van der Waals surface area contributed by atoms with Crippen LogP contribution in [0.2, 0.25) is 0 Å². The van der Waals surface area contributed by atoms with Crippen molar-refractivity contribution in [2.24, 2.45) is 10.3 Å². The summed E-state index contributed by atoms with van der Waals surface area (Å²) in [5.41, 5.74) is 0.457. The fourth-order valence-corrected chi connectivity index (χ4v) is 1.30. The molecule has 0 saturated heterocycles. The van der Waals surface area contributed by atoms with Gasteiger partial charge in [0, 0.05) is 0 Å². The number of rotatable bonds is 4. The van der Waals surface area contributed by atoms with Crippen LogP contribution in [-0.4, -0.2) is 32.5 Å². The zero-order valence-electron chi connectivity index (χ0n) is 9.41. The van der Waals surface area contributed by atoms with E-state index >= 15 is 0 Å². The molecule has 0 aromatic rings. The molecule has 0 aliphatic carbocycles. The summed E-state index contributed by atoms with van der Waals surface area (Å²) in [4.78, 5) is 21.5. The van der Waals surface area contributed by atoms with Crippen LogP contribution in [0.25, 0.3) is 0 Å². The van der Waals surface area contributed by atoms with Gasteiger partial charge in [0.05, 0.1) is 11.9 Å². The van der Waals surface area contributed by atoms with Crippen molar-refractivity contribution in [2.45, 2.75) is 32.6 Å². The summed E-state index contributed by atoms with van der Waals surface area (Å²) in [5.74, 6) is 0. The van der Waals surface area contributed by atoms with E-state index in [0.717, 1.165) is 19.3 Å². The van der Waals surface area contributed by atoms with E-state index in [2.05, 4.69) is 10.3 Å². The van der Waals surface area contributed by atoms with Gasteiger partial charge in [0.15, 0.2) is 0 Å². The molecule has 8 heteroatoms. The number of carbonyl (C=O) groups is 2. The van der Waals surface area contributed by atoms with E-state index in [9.17, 15) is 9.59 Å². The van der Waals surface area contributed by atoms with Gasteiger partial charge in [0.2, 0.25) is 0 Å². The minimum Gasteiger partial charge on any atom is -0.463 e. The van der Waals surface area contributed by atoms with Gasteiger partial charge in [0.25, 0.3) is 0 Å². The molecule has 0 atom stereocenters. The number of allylic oxidation sites excluding steroid dienone is 1. The largest absolute Gasteiger partial charge is 0.463 e. The third-order valence-corrected chi connectivity index (χ3v) is 2.14. The zero-order valence-corrected chi connectivity index (χ0v) is 9.41. The first-order valence-electron chi connectivity index (χ1n) is 5.23. The van der Waals surface area contributed by atoms with Crippen molar-refractivity contribution in [3.8, 4) is 0 Å². The first-order valence-corrected chi connectivity index (χ1v) is 5.23. The Bertz CT molecular complexity index is 366. The predicted octanol–water partition coefficient (Wildman–Crippen LogP) is 2.66. The molecule has 0 bridgehead atoms. The molecule has 0 saturated carbocycles. The molecule has 0 unspecified atom stereocenters. The van der Waals surface area contributed by atoms with Crippen LogP contribution >= 0.6 is 0 Å². The zero-order chi connectivity index (χ0) is 12.8. The van der Waals surface area contributed by atoms with Crippen molar-refractivity contribution in [1.29, 1.82) is 0 Å². The number of carboxylic acid groups (broad SMARTS) is 2. The topological polar surface area (TPSA) is 106 Å². The van der Waals surface area contributed by atoms with Gasteiger partial charge in [-0.05, 0) is 18.1 Å². The van der Waals surface area contributed by atoms with E-state index < -0.39 is 12.2 Å². The lowest BCUT2D eigenvalue weighted by molar-refractivity contribution is 0.0221. The van der Waals surface area contributed by atoms with Gasteiger partial charge >= 0.3 is 12.2 Å². The minimum atomic E-state index is -1.50. The van der Waals surface area contributed by atoms with Crippen LogP contribution in [0.1, 0.15) is 32.6 Å². The summed E-state index contributed by atoms with van der Waals surface area (Å²) in [6.45, 7) is 2.05. The molecule has 2 amide bonds. The summed E-state index contributed by atoms with van der Waals surface area (Å²) in [6, 6.07) is 0. The van der Waals surface area contributed by atoms with Gasteiger partial charge in [-0.2, -0.15) is 5.01 Å². The lowest BCUT2D eigenvalue weighted by Crippen LogP contribution is -2.43. The average molecular weight is 242 g/mol. The van der Waals surface area contributed by atoms with Gasteiger partial charge in [-0.25, -0.2) is 9.59 Å². The Hall–Kier alpha value is -2.12. The Kier molecular flexibility index (Phi) is 4.44. The van der Waals surface area contributed by atoms with E-state index in [0.29, 0.717) is 17.1 Å². The number of unbranched alkanes of at least 4 members (excludes halogenated alkanes) is 2. The lowest BCUT2D eigenvalue weighted by Gasteiger charge is -2.24. The third-order valence-electron chi connectivity index (χ3n) is 2.14. The Morgan fingerprint density at radius 2 is 2.00 bits per heavy atom. The maximum Gasteiger partial charge on any atom is 0.450 e. The molecule has 1 heterocycles. The summed E-state index contributed by atoms with van der Waals surface area (Å²) in [5, 5.41) is 25.3. The molecule has 1 aliphatic rings. The maximum atomic E-state index is 10.8. The monoisotopic (exact) mass is 242 g/mol. The smallest absolute Gasteiger partial charge is 0.450 e. The molecule has 0 fully saturated rings. The van der Waals surface area contributed by atoms with Crippen molar-refractivity contribution < 1.29 is 19.8 Å². The first kappa shape index (κ1) is 12.9. The normalized spacial score (nSPS) is 14.8. The summed E-state index contributed by atoms with van der Waals surface area (Å²) < 4.78 is 0.